The number of benzene rings is 2. The normalized spacial score (nSPS) is 14.6. The van der Waals surface area contributed by atoms with Crippen molar-refractivity contribution in [2.45, 2.75) is 39.2 Å². The van der Waals surface area contributed by atoms with Crippen LogP contribution in [0.4, 0.5) is 0 Å². The van der Waals surface area contributed by atoms with Crippen LogP contribution in [0.1, 0.15) is 50.8 Å². The lowest BCUT2D eigenvalue weighted by Crippen LogP contribution is -2.34. The molecule has 1 atom stereocenters. The highest BCUT2D eigenvalue weighted by atomic mass is 16.5. The number of fused-ring (bicyclic) bond motifs is 1. The van der Waals surface area contributed by atoms with Crippen LogP contribution in [0, 0.1) is 13.8 Å². The molecule has 0 fully saturated rings. The Kier molecular flexibility index (Phi) is 6.51. The molecule has 6 heteroatoms. The third-order valence-electron chi connectivity index (χ3n) is 6.17. The molecule has 1 aliphatic rings. The van der Waals surface area contributed by atoms with E-state index >= 15 is 0 Å². The number of aldehydes is 1. The van der Waals surface area contributed by atoms with E-state index in [1.165, 1.54) is 18.2 Å². The second-order valence-electron chi connectivity index (χ2n) is 8.54. The number of hydrogen-bond acceptors (Lipinski definition) is 5. The van der Waals surface area contributed by atoms with E-state index in [4.69, 9.17) is 4.74 Å². The number of rotatable bonds is 7. The molecule has 0 spiro atoms. The Bertz CT molecular complexity index is 1140. The molecule has 0 N–H and O–H groups in total. The van der Waals surface area contributed by atoms with Gasteiger partial charge in [-0.15, -0.1) is 0 Å². The van der Waals surface area contributed by atoms with Gasteiger partial charge in [-0.05, 0) is 61.2 Å². The van der Waals surface area contributed by atoms with Crippen LogP contribution >= 0.6 is 0 Å². The first kappa shape index (κ1) is 22.0. The minimum atomic E-state index is -0.216. The molecule has 4 rings (SSSR count). The average Bonchev–Trinajstić information content (AvgIpc) is 3.15. The summed E-state index contributed by atoms with van der Waals surface area (Å²) < 4.78 is 6.94. The van der Waals surface area contributed by atoms with Crippen molar-refractivity contribution < 1.29 is 14.3 Å². The molecule has 1 aliphatic heterocycles. The van der Waals surface area contributed by atoms with E-state index in [9.17, 15) is 9.59 Å². The van der Waals surface area contributed by atoms with Crippen LogP contribution < -0.4 is 0 Å². The maximum absolute atomic E-state index is 12.2. The molecule has 0 bridgehead atoms. The van der Waals surface area contributed by atoms with Crippen LogP contribution in [0.15, 0.2) is 48.5 Å². The summed E-state index contributed by atoms with van der Waals surface area (Å²) in [4.78, 5) is 25.8. The Morgan fingerprint density at radius 1 is 1.16 bits per heavy atom. The van der Waals surface area contributed by atoms with E-state index in [1.807, 2.05) is 42.8 Å². The summed E-state index contributed by atoms with van der Waals surface area (Å²) in [6.07, 6.45) is 2.14. The molecule has 6 nitrogen and oxygen atoms in total. The number of carbonyl (C=O) groups is 2. The van der Waals surface area contributed by atoms with Gasteiger partial charge in [0.1, 0.15) is 6.29 Å². The van der Waals surface area contributed by atoms with Gasteiger partial charge in [-0.1, -0.05) is 24.3 Å². The van der Waals surface area contributed by atoms with Crippen LogP contribution in [0.5, 0.6) is 0 Å². The molecule has 1 aromatic heterocycles. The zero-order valence-electron chi connectivity index (χ0n) is 18.9. The molecule has 0 saturated carbocycles. The molecule has 0 aliphatic carbocycles. The molecule has 0 radical (unpaired) electrons. The number of nitrogens with zero attached hydrogens (tertiary/aromatic N) is 3. The van der Waals surface area contributed by atoms with Crippen molar-refractivity contribution in [3.63, 3.8) is 0 Å². The zero-order valence-corrected chi connectivity index (χ0v) is 18.9. The van der Waals surface area contributed by atoms with Crippen molar-refractivity contribution in [2.75, 3.05) is 20.2 Å². The lowest BCUT2D eigenvalue weighted by Gasteiger charge is -2.32. The third-order valence-corrected chi connectivity index (χ3v) is 6.17. The van der Waals surface area contributed by atoms with Gasteiger partial charge in [0.25, 0.3) is 0 Å². The standard InChI is InChI=1S/C26H29N3O3/c1-18-11-19(2)29(27-18)25-6-4-5-22(13-25)24(14-26(31)32-3)16-28-10-9-21-8-7-20(17-30)12-23(21)15-28/h4-8,11-13,17,24H,9-10,14-16H2,1-3H3/t24-/m1/s1. The van der Waals surface area contributed by atoms with Crippen LogP contribution in [-0.4, -0.2) is 47.1 Å². The first-order valence-electron chi connectivity index (χ1n) is 11.0. The van der Waals surface area contributed by atoms with Crippen molar-refractivity contribution in [3.05, 3.63) is 82.2 Å². The maximum Gasteiger partial charge on any atom is 0.306 e. The fraction of sp³-hybridized carbons (Fsp3) is 0.346. The van der Waals surface area contributed by atoms with E-state index in [-0.39, 0.29) is 11.9 Å². The third kappa shape index (κ3) is 4.81. The lowest BCUT2D eigenvalue weighted by atomic mass is 9.92. The number of esters is 1. The van der Waals surface area contributed by atoms with Gasteiger partial charge in [0.05, 0.1) is 24.9 Å². The van der Waals surface area contributed by atoms with Crippen LogP contribution in [-0.2, 0) is 22.5 Å². The van der Waals surface area contributed by atoms with Gasteiger partial charge in [0.15, 0.2) is 0 Å². The smallest absolute Gasteiger partial charge is 0.306 e. The number of hydrogen-bond donors (Lipinski definition) is 0. The quantitative estimate of drug-likeness (QED) is 0.418. The molecule has 0 amide bonds. The first-order chi connectivity index (χ1) is 15.5. The van der Waals surface area contributed by atoms with Crippen molar-refractivity contribution >= 4 is 12.3 Å². The van der Waals surface area contributed by atoms with Gasteiger partial charge in [-0.2, -0.15) is 5.10 Å². The predicted octanol–water partition coefficient (Wildman–Crippen LogP) is 4.01. The summed E-state index contributed by atoms with van der Waals surface area (Å²) in [6, 6.07) is 16.2. The number of carbonyl (C=O) groups excluding carboxylic acids is 2. The fourth-order valence-electron chi connectivity index (χ4n) is 4.55. The Balaban J connectivity index is 1.59. The van der Waals surface area contributed by atoms with Gasteiger partial charge in [-0.3, -0.25) is 14.5 Å². The van der Waals surface area contributed by atoms with Gasteiger partial charge in [0, 0.05) is 36.8 Å². The van der Waals surface area contributed by atoms with Gasteiger partial charge in [-0.25, -0.2) is 4.68 Å². The van der Waals surface area contributed by atoms with E-state index < -0.39 is 0 Å². The lowest BCUT2D eigenvalue weighted by molar-refractivity contribution is -0.141. The predicted molar refractivity (Wildman–Crippen MR) is 123 cm³/mol. The van der Waals surface area contributed by atoms with E-state index in [0.717, 1.165) is 55.0 Å². The summed E-state index contributed by atoms with van der Waals surface area (Å²) in [6.45, 7) is 6.45. The second-order valence-corrected chi connectivity index (χ2v) is 8.54. The monoisotopic (exact) mass is 431 g/mol. The van der Waals surface area contributed by atoms with Crippen LogP contribution in [0.25, 0.3) is 5.69 Å². The average molecular weight is 432 g/mol. The van der Waals surface area contributed by atoms with Gasteiger partial charge >= 0.3 is 5.97 Å². The highest BCUT2D eigenvalue weighted by molar-refractivity contribution is 5.75. The maximum atomic E-state index is 12.2. The molecule has 166 valence electrons. The largest absolute Gasteiger partial charge is 0.469 e. The van der Waals surface area contributed by atoms with Crippen molar-refractivity contribution in [1.82, 2.24) is 14.7 Å². The topological polar surface area (TPSA) is 64.4 Å². The van der Waals surface area contributed by atoms with Gasteiger partial charge in [0.2, 0.25) is 0 Å². The minimum absolute atomic E-state index is 0.00447. The minimum Gasteiger partial charge on any atom is -0.469 e. The molecule has 0 saturated heterocycles. The Morgan fingerprint density at radius 2 is 2.00 bits per heavy atom. The summed E-state index contributed by atoms with van der Waals surface area (Å²) in [5.41, 5.74) is 7.31. The molecular weight excluding hydrogens is 402 g/mol. The number of ether oxygens (including phenoxy) is 1. The van der Waals surface area contributed by atoms with E-state index in [1.54, 1.807) is 0 Å². The fourth-order valence-corrected chi connectivity index (χ4v) is 4.55. The van der Waals surface area contributed by atoms with E-state index in [2.05, 4.69) is 34.3 Å². The van der Waals surface area contributed by atoms with Crippen molar-refractivity contribution in [3.8, 4) is 5.69 Å². The first-order valence-corrected chi connectivity index (χ1v) is 11.0. The Hall–Kier alpha value is -3.25. The molecule has 3 aromatic rings. The number of aromatic nitrogens is 2. The summed E-state index contributed by atoms with van der Waals surface area (Å²) >= 11 is 0. The van der Waals surface area contributed by atoms with Crippen molar-refractivity contribution in [1.29, 1.82) is 0 Å². The highest BCUT2D eigenvalue weighted by Crippen LogP contribution is 2.28. The Labute approximate surface area is 188 Å². The number of aryl methyl sites for hydroxylation is 2. The second kappa shape index (κ2) is 9.49. The summed E-state index contributed by atoms with van der Waals surface area (Å²) in [7, 11) is 1.43. The molecule has 2 heterocycles. The SMILES string of the molecule is COC(=O)C[C@H](CN1CCc2ccc(C=O)cc2C1)c1cccc(-n2nc(C)cc2C)c1. The Morgan fingerprint density at radius 3 is 2.72 bits per heavy atom. The summed E-state index contributed by atoms with van der Waals surface area (Å²) in [5.74, 6) is -0.220. The molecule has 0 unspecified atom stereocenters. The molecular formula is C26H29N3O3. The highest BCUT2D eigenvalue weighted by Gasteiger charge is 2.24. The van der Waals surface area contributed by atoms with Crippen LogP contribution in [0.3, 0.4) is 0 Å². The number of methoxy groups -OCH3 is 1. The summed E-state index contributed by atoms with van der Waals surface area (Å²) in [5, 5.41) is 4.60. The zero-order chi connectivity index (χ0) is 22.7. The van der Waals surface area contributed by atoms with Crippen LogP contribution in [0.2, 0.25) is 0 Å². The molecule has 32 heavy (non-hydrogen) atoms. The molecule has 2 aromatic carbocycles. The van der Waals surface area contributed by atoms with E-state index in [0.29, 0.717) is 12.0 Å². The van der Waals surface area contributed by atoms with Gasteiger partial charge < -0.3 is 4.74 Å². The van der Waals surface area contributed by atoms with Crippen molar-refractivity contribution in [2.24, 2.45) is 0 Å².